The van der Waals surface area contributed by atoms with Crippen LogP contribution in [0.25, 0.3) is 0 Å². The summed E-state index contributed by atoms with van der Waals surface area (Å²) in [6.07, 6.45) is 2.96. The highest BCUT2D eigenvalue weighted by molar-refractivity contribution is 5.86. The fraction of sp³-hybridized carbons (Fsp3) is 0.200. The highest BCUT2D eigenvalue weighted by Gasteiger charge is 2.10. The molecule has 0 radical (unpaired) electrons. The molecule has 0 atom stereocenters. The molecule has 0 unspecified atom stereocenters. The molecule has 0 saturated heterocycles. The van der Waals surface area contributed by atoms with Crippen LogP contribution in [0, 0.1) is 20.2 Å². The van der Waals surface area contributed by atoms with Gasteiger partial charge in [-0.25, -0.2) is 10.9 Å². The number of hydrazone groups is 2. The fourth-order valence-electron chi connectivity index (χ4n) is 2.55. The van der Waals surface area contributed by atoms with Gasteiger partial charge in [0, 0.05) is 48.2 Å². The minimum Gasteiger partial charge on any atom is -0.507 e. The molecule has 0 aliphatic rings. The van der Waals surface area contributed by atoms with Crippen molar-refractivity contribution in [3.63, 3.8) is 0 Å². The molecule has 0 aliphatic carbocycles. The number of carbonyl (C=O) groups excluding carboxylic acids is 2. The van der Waals surface area contributed by atoms with Crippen molar-refractivity contribution >= 4 is 35.6 Å². The van der Waals surface area contributed by atoms with E-state index in [1.807, 2.05) is 0 Å². The van der Waals surface area contributed by atoms with E-state index >= 15 is 0 Å². The second kappa shape index (κ2) is 12.2. The Morgan fingerprint density at radius 2 is 1.18 bits per heavy atom. The Hall–Kier alpha value is -4.88. The van der Waals surface area contributed by atoms with Crippen LogP contribution >= 0.6 is 0 Å². The van der Waals surface area contributed by atoms with Crippen LogP contribution in [0.5, 0.6) is 11.5 Å². The van der Waals surface area contributed by atoms with Crippen LogP contribution in [0.1, 0.15) is 36.8 Å². The average Bonchev–Trinajstić information content (AvgIpc) is 2.79. The zero-order chi connectivity index (χ0) is 25.1. The van der Waals surface area contributed by atoms with Gasteiger partial charge >= 0.3 is 0 Å². The van der Waals surface area contributed by atoms with E-state index in [0.717, 1.165) is 48.8 Å². The first-order chi connectivity index (χ1) is 16.2. The lowest BCUT2D eigenvalue weighted by molar-refractivity contribution is -0.385. The van der Waals surface area contributed by atoms with Crippen LogP contribution in [-0.4, -0.2) is 44.3 Å². The van der Waals surface area contributed by atoms with Gasteiger partial charge in [0.25, 0.3) is 11.4 Å². The van der Waals surface area contributed by atoms with Crippen LogP contribution < -0.4 is 10.9 Å². The largest absolute Gasteiger partial charge is 0.507 e. The predicted molar refractivity (Wildman–Crippen MR) is 119 cm³/mol. The highest BCUT2D eigenvalue weighted by Crippen LogP contribution is 2.22. The van der Waals surface area contributed by atoms with Gasteiger partial charge in [-0.3, -0.25) is 29.8 Å². The summed E-state index contributed by atoms with van der Waals surface area (Å²) >= 11 is 0. The van der Waals surface area contributed by atoms with Crippen molar-refractivity contribution in [1.29, 1.82) is 0 Å². The number of nitro groups is 2. The van der Waals surface area contributed by atoms with Gasteiger partial charge in [-0.05, 0) is 25.0 Å². The smallest absolute Gasteiger partial charge is 0.270 e. The van der Waals surface area contributed by atoms with E-state index < -0.39 is 21.7 Å². The van der Waals surface area contributed by atoms with Gasteiger partial charge in [0.05, 0.1) is 22.3 Å². The van der Waals surface area contributed by atoms with Gasteiger partial charge in [0.1, 0.15) is 11.5 Å². The number of hydrogen-bond acceptors (Lipinski definition) is 10. The number of phenols is 2. The van der Waals surface area contributed by atoms with E-state index in [4.69, 9.17) is 0 Å². The summed E-state index contributed by atoms with van der Waals surface area (Å²) in [5.74, 6) is -1.39. The Bertz CT molecular complexity index is 1060. The summed E-state index contributed by atoms with van der Waals surface area (Å²) in [5.41, 5.74) is 4.08. The summed E-state index contributed by atoms with van der Waals surface area (Å²) in [7, 11) is 0. The SMILES string of the molecule is O=C(CCCCC(=O)N/N=C/c1cc([N+](=O)[O-])ccc1O)N/N=C/c1cc([N+](=O)[O-])ccc1O. The molecule has 2 aromatic rings. The second-order valence-electron chi connectivity index (χ2n) is 6.79. The van der Waals surface area contributed by atoms with E-state index in [0.29, 0.717) is 12.8 Å². The van der Waals surface area contributed by atoms with Crippen molar-refractivity contribution in [2.45, 2.75) is 25.7 Å². The van der Waals surface area contributed by atoms with Crippen molar-refractivity contribution in [1.82, 2.24) is 10.9 Å². The van der Waals surface area contributed by atoms with Gasteiger partial charge in [0.15, 0.2) is 0 Å². The number of rotatable bonds is 11. The second-order valence-corrected chi connectivity index (χ2v) is 6.79. The molecule has 4 N–H and O–H groups in total. The van der Waals surface area contributed by atoms with Crippen LogP contribution in [0.2, 0.25) is 0 Å². The molecule has 14 heteroatoms. The highest BCUT2D eigenvalue weighted by atomic mass is 16.6. The number of nitrogens with one attached hydrogen (secondary N) is 2. The van der Waals surface area contributed by atoms with Gasteiger partial charge in [-0.15, -0.1) is 0 Å². The lowest BCUT2D eigenvalue weighted by Crippen LogP contribution is -2.19. The van der Waals surface area contributed by atoms with Crippen LogP contribution in [0.15, 0.2) is 46.6 Å². The van der Waals surface area contributed by atoms with E-state index in [1.165, 1.54) is 0 Å². The molecule has 2 aromatic carbocycles. The number of carbonyl (C=O) groups is 2. The summed E-state index contributed by atoms with van der Waals surface area (Å²) < 4.78 is 0. The van der Waals surface area contributed by atoms with E-state index in [1.54, 1.807) is 0 Å². The minimum absolute atomic E-state index is 0.0519. The summed E-state index contributed by atoms with van der Waals surface area (Å²) in [4.78, 5) is 43.8. The van der Waals surface area contributed by atoms with Crippen LogP contribution in [0.3, 0.4) is 0 Å². The molecule has 34 heavy (non-hydrogen) atoms. The maximum Gasteiger partial charge on any atom is 0.270 e. The number of hydrogen-bond donors (Lipinski definition) is 4. The van der Waals surface area contributed by atoms with E-state index in [2.05, 4.69) is 21.1 Å². The number of amides is 2. The Kier molecular flexibility index (Phi) is 9.13. The molecule has 2 rings (SSSR count). The molecule has 0 aliphatic heterocycles. The lowest BCUT2D eigenvalue weighted by Gasteiger charge is -2.02. The third-order valence-electron chi connectivity index (χ3n) is 4.29. The van der Waals surface area contributed by atoms with Crippen molar-refractivity contribution < 1.29 is 29.6 Å². The van der Waals surface area contributed by atoms with Crippen molar-refractivity contribution in [2.24, 2.45) is 10.2 Å². The molecule has 178 valence electrons. The Morgan fingerprint density at radius 1 is 0.794 bits per heavy atom. The van der Waals surface area contributed by atoms with Gasteiger partial charge in [-0.2, -0.15) is 10.2 Å². The molecule has 14 nitrogen and oxygen atoms in total. The van der Waals surface area contributed by atoms with Crippen molar-refractivity contribution in [3.8, 4) is 11.5 Å². The summed E-state index contributed by atoms with van der Waals surface area (Å²) in [5, 5.41) is 48.1. The molecule has 0 saturated carbocycles. The van der Waals surface area contributed by atoms with Gasteiger partial charge in [-0.1, -0.05) is 0 Å². The normalized spacial score (nSPS) is 10.9. The third-order valence-corrected chi connectivity index (χ3v) is 4.29. The van der Waals surface area contributed by atoms with E-state index in [-0.39, 0.29) is 46.8 Å². The zero-order valence-corrected chi connectivity index (χ0v) is 17.6. The maximum atomic E-state index is 11.8. The zero-order valence-electron chi connectivity index (χ0n) is 17.6. The maximum absolute atomic E-state index is 11.8. The molecule has 0 heterocycles. The number of nitro benzene ring substituents is 2. The molecular formula is C20H20N6O8. The molecule has 2 amide bonds. The first-order valence-electron chi connectivity index (χ1n) is 9.76. The number of phenolic OH excluding ortho intramolecular Hbond substituents is 2. The van der Waals surface area contributed by atoms with Crippen LogP contribution in [-0.2, 0) is 9.59 Å². The average molecular weight is 472 g/mol. The quantitative estimate of drug-likeness (QED) is 0.164. The summed E-state index contributed by atoms with van der Waals surface area (Å²) in [6, 6.07) is 6.75. The molecule has 0 fully saturated rings. The van der Waals surface area contributed by atoms with Crippen molar-refractivity contribution in [3.05, 3.63) is 67.8 Å². The number of benzene rings is 2. The van der Waals surface area contributed by atoms with Gasteiger partial charge in [0.2, 0.25) is 11.8 Å². The first-order valence-corrected chi connectivity index (χ1v) is 9.76. The number of unbranched alkanes of at least 4 members (excludes halogenated alkanes) is 1. The Balaban J connectivity index is 1.70. The van der Waals surface area contributed by atoms with Gasteiger partial charge < -0.3 is 10.2 Å². The molecule has 0 spiro atoms. The monoisotopic (exact) mass is 472 g/mol. The van der Waals surface area contributed by atoms with Crippen LogP contribution in [0.4, 0.5) is 11.4 Å². The Labute approximate surface area is 191 Å². The molecular weight excluding hydrogens is 452 g/mol. The predicted octanol–water partition coefficient (Wildman–Crippen LogP) is 2.07. The fourth-order valence-corrected chi connectivity index (χ4v) is 2.55. The molecule has 0 bridgehead atoms. The minimum atomic E-state index is -0.631. The standard InChI is InChI=1S/C20H20N6O8/c27-17-7-5-15(25(31)32)9-13(17)11-21-23-19(29)3-1-2-4-20(30)24-22-12-14-10-16(26(33)34)6-8-18(14)28/h5-12,27-28H,1-4H2,(H,23,29)(H,24,30)/b21-11+,22-12+. The van der Waals surface area contributed by atoms with Crippen molar-refractivity contribution in [2.75, 3.05) is 0 Å². The number of non-ortho nitro benzene ring substituents is 2. The number of aromatic hydroxyl groups is 2. The topological polar surface area (TPSA) is 210 Å². The first kappa shape index (κ1) is 25.4. The lowest BCUT2D eigenvalue weighted by atomic mass is 10.2. The summed E-state index contributed by atoms with van der Waals surface area (Å²) in [6.45, 7) is 0. The number of nitrogens with zero attached hydrogens (tertiary/aromatic N) is 4. The van der Waals surface area contributed by atoms with E-state index in [9.17, 15) is 40.0 Å². The Morgan fingerprint density at radius 3 is 1.53 bits per heavy atom. The third kappa shape index (κ3) is 7.99. The molecule has 0 aromatic heterocycles.